The Balaban J connectivity index is 1.49. The normalized spacial score (nSPS) is 10.3. The molecule has 9 heteroatoms. The molecule has 0 aromatic carbocycles. The first kappa shape index (κ1) is 15.8. The van der Waals surface area contributed by atoms with Gasteiger partial charge < -0.3 is 5.32 Å². The smallest absolute Gasteiger partial charge is 0.252 e. The van der Waals surface area contributed by atoms with Gasteiger partial charge in [-0.2, -0.15) is 11.3 Å². The van der Waals surface area contributed by atoms with Crippen molar-refractivity contribution in [2.45, 2.75) is 6.54 Å². The van der Waals surface area contributed by atoms with Crippen LogP contribution < -0.4 is 10.6 Å². The molecule has 0 unspecified atom stereocenters. The molecule has 3 rings (SSSR count). The Morgan fingerprint density at radius 1 is 1.21 bits per heavy atom. The van der Waals surface area contributed by atoms with Gasteiger partial charge in [0.15, 0.2) is 0 Å². The van der Waals surface area contributed by atoms with Gasteiger partial charge >= 0.3 is 0 Å². The van der Waals surface area contributed by atoms with Crippen LogP contribution in [0, 0.1) is 0 Å². The zero-order valence-corrected chi connectivity index (χ0v) is 13.4. The molecule has 3 heterocycles. The number of hydrogen-bond acceptors (Lipinski definition) is 6. The second-order valence-electron chi connectivity index (χ2n) is 4.83. The summed E-state index contributed by atoms with van der Waals surface area (Å²) in [5, 5.41) is 12.7. The Bertz CT molecular complexity index is 816. The molecule has 8 nitrogen and oxygen atoms in total. The molecule has 2 amide bonds. The number of nitrogens with zero attached hydrogens (tertiary/aromatic N) is 4. The SMILES string of the molecule is O=C(CNC(=O)c1ccsc1)Nc1ncn(Cc2ccccn2)n1. The van der Waals surface area contributed by atoms with Crippen LogP contribution in [0.15, 0.2) is 47.5 Å². The van der Waals surface area contributed by atoms with Gasteiger partial charge in [-0.05, 0) is 23.6 Å². The van der Waals surface area contributed by atoms with Crippen LogP contribution in [0.25, 0.3) is 0 Å². The Morgan fingerprint density at radius 3 is 2.88 bits per heavy atom. The molecule has 0 radical (unpaired) electrons. The van der Waals surface area contributed by atoms with Crippen LogP contribution in [-0.4, -0.2) is 38.1 Å². The van der Waals surface area contributed by atoms with Crippen molar-refractivity contribution < 1.29 is 9.59 Å². The van der Waals surface area contributed by atoms with Gasteiger partial charge in [0.25, 0.3) is 5.91 Å². The number of carbonyl (C=O) groups is 2. The fourth-order valence-corrected chi connectivity index (χ4v) is 2.55. The first-order valence-corrected chi connectivity index (χ1v) is 8.04. The summed E-state index contributed by atoms with van der Waals surface area (Å²) in [5.41, 5.74) is 1.37. The lowest BCUT2D eigenvalue weighted by Crippen LogP contribution is -2.32. The van der Waals surface area contributed by atoms with Gasteiger partial charge in [-0.25, -0.2) is 9.67 Å². The summed E-state index contributed by atoms with van der Waals surface area (Å²) in [6, 6.07) is 7.29. The predicted octanol–water partition coefficient (Wildman–Crippen LogP) is 1.15. The van der Waals surface area contributed by atoms with Gasteiger partial charge in [0.1, 0.15) is 6.33 Å². The van der Waals surface area contributed by atoms with E-state index in [1.165, 1.54) is 17.7 Å². The van der Waals surface area contributed by atoms with Crippen molar-refractivity contribution in [1.82, 2.24) is 25.1 Å². The molecule has 24 heavy (non-hydrogen) atoms. The number of aromatic nitrogens is 4. The van der Waals surface area contributed by atoms with Gasteiger partial charge in [0.2, 0.25) is 11.9 Å². The number of pyridine rings is 1. The highest BCUT2D eigenvalue weighted by molar-refractivity contribution is 7.08. The number of thiophene rings is 1. The van der Waals surface area contributed by atoms with Crippen LogP contribution in [-0.2, 0) is 11.3 Å². The first-order valence-electron chi connectivity index (χ1n) is 7.10. The molecule has 2 N–H and O–H groups in total. The maximum Gasteiger partial charge on any atom is 0.252 e. The average Bonchev–Trinajstić information content (AvgIpc) is 3.26. The predicted molar refractivity (Wildman–Crippen MR) is 88.6 cm³/mol. The first-order chi connectivity index (χ1) is 11.7. The summed E-state index contributed by atoms with van der Waals surface area (Å²) in [4.78, 5) is 31.8. The van der Waals surface area contributed by atoms with E-state index in [9.17, 15) is 9.59 Å². The van der Waals surface area contributed by atoms with Crippen LogP contribution in [0.2, 0.25) is 0 Å². The zero-order valence-electron chi connectivity index (χ0n) is 12.5. The van der Waals surface area contributed by atoms with Crippen molar-refractivity contribution in [2.24, 2.45) is 0 Å². The standard InChI is InChI=1S/C15H14N6O2S/c22-13(7-17-14(23)11-4-6-24-9-11)19-15-18-10-21(20-15)8-12-3-1-2-5-16-12/h1-6,9-10H,7-8H2,(H,17,23)(H,19,20,22). The fraction of sp³-hybridized carbons (Fsp3) is 0.133. The Kier molecular flexibility index (Phi) is 4.92. The van der Waals surface area contributed by atoms with E-state index in [0.29, 0.717) is 12.1 Å². The highest BCUT2D eigenvalue weighted by Gasteiger charge is 2.10. The van der Waals surface area contributed by atoms with E-state index >= 15 is 0 Å². The largest absolute Gasteiger partial charge is 0.343 e. The van der Waals surface area contributed by atoms with E-state index in [-0.39, 0.29) is 18.4 Å². The third-order valence-electron chi connectivity index (χ3n) is 3.03. The minimum absolute atomic E-state index is 0.149. The lowest BCUT2D eigenvalue weighted by Gasteiger charge is -2.03. The zero-order chi connectivity index (χ0) is 16.8. The topological polar surface area (TPSA) is 102 Å². The number of anilines is 1. The summed E-state index contributed by atoms with van der Waals surface area (Å²) < 4.78 is 1.57. The summed E-state index contributed by atoms with van der Waals surface area (Å²) >= 11 is 1.42. The van der Waals surface area contributed by atoms with E-state index in [1.54, 1.807) is 27.7 Å². The van der Waals surface area contributed by atoms with Gasteiger partial charge in [0.05, 0.1) is 18.8 Å². The highest BCUT2D eigenvalue weighted by Crippen LogP contribution is 2.05. The fourth-order valence-electron chi connectivity index (χ4n) is 1.91. The van der Waals surface area contributed by atoms with E-state index < -0.39 is 5.91 Å². The quantitative estimate of drug-likeness (QED) is 0.700. The molecule has 0 saturated carbocycles. The Morgan fingerprint density at radius 2 is 2.12 bits per heavy atom. The minimum atomic E-state index is -0.394. The lowest BCUT2D eigenvalue weighted by molar-refractivity contribution is -0.115. The van der Waals surface area contributed by atoms with Crippen LogP contribution in [0.1, 0.15) is 16.1 Å². The average molecular weight is 342 g/mol. The monoisotopic (exact) mass is 342 g/mol. The molecule has 0 fully saturated rings. The molecule has 3 aromatic rings. The molecule has 0 aliphatic heterocycles. The molecule has 122 valence electrons. The molecular weight excluding hydrogens is 328 g/mol. The third kappa shape index (κ3) is 4.23. The van der Waals surface area contributed by atoms with Crippen LogP contribution in [0.5, 0.6) is 0 Å². The van der Waals surface area contributed by atoms with Crippen LogP contribution >= 0.6 is 11.3 Å². The second-order valence-corrected chi connectivity index (χ2v) is 5.61. The van der Waals surface area contributed by atoms with Crippen LogP contribution in [0.3, 0.4) is 0 Å². The summed E-state index contributed by atoms with van der Waals surface area (Å²) in [6.45, 7) is 0.308. The molecular formula is C15H14N6O2S. The number of amides is 2. The van der Waals surface area contributed by atoms with Crippen molar-refractivity contribution in [1.29, 1.82) is 0 Å². The number of hydrogen-bond donors (Lipinski definition) is 2. The molecule has 0 spiro atoms. The van der Waals surface area contributed by atoms with Crippen LogP contribution in [0.4, 0.5) is 5.95 Å². The molecule has 0 saturated heterocycles. The number of carbonyl (C=O) groups excluding carboxylic acids is 2. The number of rotatable bonds is 6. The van der Waals surface area contributed by atoms with Crippen molar-refractivity contribution in [3.63, 3.8) is 0 Å². The van der Waals surface area contributed by atoms with E-state index in [4.69, 9.17) is 0 Å². The van der Waals surface area contributed by atoms with Crippen molar-refractivity contribution in [2.75, 3.05) is 11.9 Å². The summed E-state index contributed by atoms with van der Waals surface area (Å²) in [7, 11) is 0. The van der Waals surface area contributed by atoms with Gasteiger partial charge in [-0.3, -0.25) is 19.9 Å². The van der Waals surface area contributed by atoms with Crippen molar-refractivity contribution in [3.05, 3.63) is 58.8 Å². The molecule has 3 aromatic heterocycles. The maximum absolute atomic E-state index is 11.8. The lowest BCUT2D eigenvalue weighted by atomic mass is 10.3. The molecule has 0 bridgehead atoms. The maximum atomic E-state index is 11.8. The van der Waals surface area contributed by atoms with E-state index in [0.717, 1.165) is 5.69 Å². The van der Waals surface area contributed by atoms with Gasteiger partial charge in [0, 0.05) is 17.1 Å². The highest BCUT2D eigenvalue weighted by atomic mass is 32.1. The van der Waals surface area contributed by atoms with Gasteiger partial charge in [-0.1, -0.05) is 6.07 Å². The Hall–Kier alpha value is -3.07. The Labute approximate surface area is 141 Å². The molecule has 0 atom stereocenters. The second kappa shape index (κ2) is 7.47. The van der Waals surface area contributed by atoms with E-state index in [2.05, 4.69) is 25.7 Å². The molecule has 0 aliphatic carbocycles. The summed E-state index contributed by atoms with van der Waals surface area (Å²) in [5.74, 6) is -0.505. The van der Waals surface area contributed by atoms with Gasteiger partial charge in [-0.15, -0.1) is 5.10 Å². The molecule has 0 aliphatic rings. The van der Waals surface area contributed by atoms with Crippen molar-refractivity contribution in [3.8, 4) is 0 Å². The summed E-state index contributed by atoms with van der Waals surface area (Å²) in [6.07, 6.45) is 3.21. The van der Waals surface area contributed by atoms with Crippen molar-refractivity contribution >= 4 is 29.1 Å². The number of nitrogens with one attached hydrogen (secondary N) is 2. The minimum Gasteiger partial charge on any atom is -0.343 e. The third-order valence-corrected chi connectivity index (χ3v) is 3.71. The van der Waals surface area contributed by atoms with E-state index in [1.807, 2.05) is 18.2 Å².